The maximum Gasteiger partial charge on any atom is 0.341 e. The van der Waals surface area contributed by atoms with E-state index in [1.807, 2.05) is 0 Å². The fraction of sp³-hybridized carbons (Fsp3) is 0.370. The molecule has 1 unspecified atom stereocenters. The van der Waals surface area contributed by atoms with Crippen LogP contribution in [0.3, 0.4) is 0 Å². The van der Waals surface area contributed by atoms with Gasteiger partial charge in [0.25, 0.3) is 5.91 Å². The van der Waals surface area contributed by atoms with Crippen LogP contribution in [0.5, 0.6) is 5.75 Å². The minimum atomic E-state index is -0.736. The number of hydrogen-bond donors (Lipinski definition) is 1. The first kappa shape index (κ1) is 26.7. The Bertz CT molecular complexity index is 1530. The monoisotopic (exact) mass is 569 g/mol. The van der Waals surface area contributed by atoms with E-state index in [2.05, 4.69) is 20.5 Å². The fourth-order valence-corrected chi connectivity index (χ4v) is 5.04. The molecular weight excluding hydrogens is 543 g/mol. The van der Waals surface area contributed by atoms with Gasteiger partial charge in [-0.2, -0.15) is 10.2 Å². The maximum atomic E-state index is 14.7. The van der Waals surface area contributed by atoms with Gasteiger partial charge in [-0.1, -0.05) is 0 Å². The molecule has 2 saturated heterocycles. The summed E-state index contributed by atoms with van der Waals surface area (Å²) in [7, 11) is 1.64. The Kier molecular flexibility index (Phi) is 6.85. The second-order valence-electron chi connectivity index (χ2n) is 10.2. The molecule has 0 saturated carbocycles. The predicted molar refractivity (Wildman–Crippen MR) is 139 cm³/mol. The Hall–Kier alpha value is -4.46. The number of carbonyl (C=O) groups excluding carboxylic acids is 2. The maximum absolute atomic E-state index is 14.7. The van der Waals surface area contributed by atoms with E-state index in [0.29, 0.717) is 47.8 Å². The zero-order valence-corrected chi connectivity index (χ0v) is 22.2. The number of aryl methyl sites for hydroxylation is 1. The molecule has 1 atom stereocenters. The molecular formula is C27H26F3N7O4. The Morgan fingerprint density at radius 3 is 2.51 bits per heavy atom. The highest BCUT2D eigenvalue weighted by molar-refractivity contribution is 5.95. The van der Waals surface area contributed by atoms with Gasteiger partial charge in [0, 0.05) is 37.4 Å². The summed E-state index contributed by atoms with van der Waals surface area (Å²) in [6, 6.07) is 3.40. The highest BCUT2D eigenvalue weighted by atomic mass is 19.1. The van der Waals surface area contributed by atoms with E-state index in [9.17, 15) is 22.8 Å². The second-order valence-corrected chi connectivity index (χ2v) is 10.2. The molecule has 0 radical (unpaired) electrons. The molecule has 14 heteroatoms. The van der Waals surface area contributed by atoms with Gasteiger partial charge in [-0.05, 0) is 24.6 Å². The van der Waals surface area contributed by atoms with E-state index < -0.39 is 35.6 Å². The number of amides is 3. The predicted octanol–water partition coefficient (Wildman–Crippen LogP) is 2.95. The van der Waals surface area contributed by atoms with Crippen LogP contribution in [-0.2, 0) is 11.8 Å². The number of nitrogens with one attached hydrogen (secondary N) is 1. The van der Waals surface area contributed by atoms with Crippen molar-refractivity contribution in [2.24, 2.45) is 12.1 Å². The van der Waals surface area contributed by atoms with Gasteiger partial charge in [-0.15, -0.1) is 0 Å². The summed E-state index contributed by atoms with van der Waals surface area (Å²) in [5, 5.41) is 12.6. The molecule has 0 spiro atoms. The van der Waals surface area contributed by atoms with Gasteiger partial charge in [-0.25, -0.2) is 23.0 Å². The van der Waals surface area contributed by atoms with Gasteiger partial charge in [0.15, 0.2) is 11.6 Å². The lowest BCUT2D eigenvalue weighted by molar-refractivity contribution is -0.00363. The van der Waals surface area contributed by atoms with Crippen LogP contribution in [0.1, 0.15) is 34.1 Å². The molecule has 41 heavy (non-hydrogen) atoms. The lowest BCUT2D eigenvalue weighted by Crippen LogP contribution is -2.58. The van der Waals surface area contributed by atoms with Crippen LogP contribution in [0, 0.1) is 24.4 Å². The SMILES string of the molecule is Cc1c(-c2cc(OC3CN(C(=O)N4N=CCC4c4cc(F)cc(F)c4)C3)c(F)cn2)nn(C)c1C(=O)NC1COC1. The molecule has 1 N–H and O–H groups in total. The smallest absolute Gasteiger partial charge is 0.341 e. The number of nitrogens with zero attached hydrogens (tertiary/aromatic N) is 6. The number of rotatable bonds is 6. The van der Waals surface area contributed by atoms with Crippen LogP contribution in [0.25, 0.3) is 11.4 Å². The van der Waals surface area contributed by atoms with Gasteiger partial charge in [-0.3, -0.25) is 14.5 Å². The minimum Gasteiger partial charge on any atom is -0.483 e. The first-order chi connectivity index (χ1) is 19.7. The summed E-state index contributed by atoms with van der Waals surface area (Å²) in [5.74, 6) is -2.52. The fourth-order valence-electron chi connectivity index (χ4n) is 5.04. The molecule has 0 bridgehead atoms. The van der Waals surface area contributed by atoms with Crippen LogP contribution < -0.4 is 10.1 Å². The first-order valence-electron chi connectivity index (χ1n) is 13.0. The van der Waals surface area contributed by atoms with Crippen molar-refractivity contribution in [3.63, 3.8) is 0 Å². The molecule has 2 fully saturated rings. The molecule has 3 aliphatic heterocycles. The number of benzene rings is 1. The number of hydrogen-bond acceptors (Lipinski definition) is 7. The second kappa shape index (κ2) is 10.5. The summed E-state index contributed by atoms with van der Waals surface area (Å²) in [6.45, 7) is 2.97. The molecule has 214 valence electrons. The Balaban J connectivity index is 1.12. The van der Waals surface area contributed by atoms with Crippen molar-refractivity contribution >= 4 is 18.2 Å². The van der Waals surface area contributed by atoms with Gasteiger partial charge in [0.2, 0.25) is 0 Å². The first-order valence-corrected chi connectivity index (χ1v) is 13.0. The number of carbonyl (C=O) groups is 2. The summed E-state index contributed by atoms with van der Waals surface area (Å²) in [4.78, 5) is 31.4. The summed E-state index contributed by atoms with van der Waals surface area (Å²) >= 11 is 0. The van der Waals surface area contributed by atoms with E-state index >= 15 is 0 Å². The largest absolute Gasteiger partial charge is 0.483 e. The highest BCUT2D eigenvalue weighted by Gasteiger charge is 2.39. The van der Waals surface area contributed by atoms with Crippen LogP contribution >= 0.6 is 0 Å². The number of likely N-dealkylation sites (tertiary alicyclic amines) is 1. The number of halogens is 3. The van der Waals surface area contributed by atoms with Crippen molar-refractivity contribution in [3.8, 4) is 17.1 Å². The Labute approximate surface area is 232 Å². The van der Waals surface area contributed by atoms with Crippen molar-refractivity contribution in [2.45, 2.75) is 31.5 Å². The average Bonchev–Trinajstić information content (AvgIpc) is 3.48. The number of ether oxygens (including phenoxy) is 2. The van der Waals surface area contributed by atoms with Gasteiger partial charge in [0.1, 0.15) is 29.1 Å². The topological polar surface area (TPSA) is 114 Å². The van der Waals surface area contributed by atoms with Crippen molar-refractivity contribution in [1.82, 2.24) is 30.0 Å². The van der Waals surface area contributed by atoms with E-state index in [0.717, 1.165) is 12.3 Å². The van der Waals surface area contributed by atoms with Crippen molar-refractivity contribution in [3.05, 3.63) is 64.7 Å². The van der Waals surface area contributed by atoms with Gasteiger partial charge >= 0.3 is 6.03 Å². The number of pyridine rings is 1. The third-order valence-electron chi connectivity index (χ3n) is 7.24. The lowest BCUT2D eigenvalue weighted by Gasteiger charge is -2.41. The molecule has 3 aliphatic rings. The number of urea groups is 1. The molecule has 11 nitrogen and oxygen atoms in total. The zero-order chi connectivity index (χ0) is 28.8. The molecule has 2 aromatic heterocycles. The lowest BCUT2D eigenvalue weighted by atomic mass is 10.0. The van der Waals surface area contributed by atoms with E-state index in [1.54, 1.807) is 14.0 Å². The van der Waals surface area contributed by atoms with Crippen molar-refractivity contribution < 1.29 is 32.2 Å². The summed E-state index contributed by atoms with van der Waals surface area (Å²) in [5.41, 5.74) is 1.97. The number of aromatic nitrogens is 3. The molecule has 1 aromatic carbocycles. The van der Waals surface area contributed by atoms with Crippen molar-refractivity contribution in [1.29, 1.82) is 0 Å². The van der Waals surface area contributed by atoms with Crippen LogP contribution in [-0.4, -0.2) is 81.3 Å². The molecule has 5 heterocycles. The average molecular weight is 570 g/mol. The summed E-state index contributed by atoms with van der Waals surface area (Å²) in [6.07, 6.45) is 2.35. The molecule has 3 amide bonds. The molecule has 3 aromatic rings. The standard InChI is InChI=1S/C27H26F3N7O4/c1-14-24(34-35(2)25(14)26(38)33-18-12-40-13-18)21-8-23(20(30)9-31-21)41-19-10-36(11-19)27(39)37-22(3-4-32-37)15-5-16(28)7-17(29)6-15/h4-9,18-19,22H,3,10-13H2,1-2H3,(H,33,38). The van der Waals surface area contributed by atoms with Gasteiger partial charge in [0.05, 0.1) is 50.3 Å². The van der Waals surface area contributed by atoms with Crippen LogP contribution in [0.2, 0.25) is 0 Å². The van der Waals surface area contributed by atoms with E-state index in [4.69, 9.17) is 9.47 Å². The van der Waals surface area contributed by atoms with Crippen molar-refractivity contribution in [2.75, 3.05) is 26.3 Å². The third-order valence-corrected chi connectivity index (χ3v) is 7.24. The highest BCUT2D eigenvalue weighted by Crippen LogP contribution is 2.33. The molecule has 6 rings (SSSR count). The quantitative estimate of drug-likeness (QED) is 0.489. The third kappa shape index (κ3) is 5.10. The van der Waals surface area contributed by atoms with E-state index in [1.165, 1.54) is 39.0 Å². The summed E-state index contributed by atoms with van der Waals surface area (Å²) < 4.78 is 54.5. The minimum absolute atomic E-state index is 0.0504. The van der Waals surface area contributed by atoms with Gasteiger partial charge < -0.3 is 19.7 Å². The Morgan fingerprint density at radius 1 is 1.10 bits per heavy atom. The number of hydrazone groups is 1. The zero-order valence-electron chi connectivity index (χ0n) is 22.2. The Morgan fingerprint density at radius 2 is 1.83 bits per heavy atom. The normalized spacial score (nSPS) is 18.8. The van der Waals surface area contributed by atoms with Crippen LogP contribution in [0.4, 0.5) is 18.0 Å². The van der Waals surface area contributed by atoms with Crippen LogP contribution in [0.15, 0.2) is 35.6 Å². The van der Waals surface area contributed by atoms with E-state index in [-0.39, 0.29) is 30.8 Å². The molecule has 0 aliphatic carbocycles.